The van der Waals surface area contributed by atoms with E-state index in [2.05, 4.69) is 40.8 Å². The molecule has 3 heterocycles. The number of aryl methyl sites for hydroxylation is 1. The number of aromatic nitrogens is 1. The fourth-order valence-electron chi connectivity index (χ4n) is 4.05. The van der Waals surface area contributed by atoms with Gasteiger partial charge in [0.2, 0.25) is 0 Å². The molecule has 136 valence electrons. The average molecular weight is 332 g/mol. The topological polar surface area (TPSA) is 19.4 Å². The quantitative estimate of drug-likeness (QED) is 0.793. The van der Waals surface area contributed by atoms with Gasteiger partial charge in [0.15, 0.2) is 0 Å². The molecule has 0 aromatic carbocycles. The van der Waals surface area contributed by atoms with E-state index in [1.54, 1.807) is 0 Å². The molecule has 0 amide bonds. The van der Waals surface area contributed by atoms with Crippen LogP contribution in [0.25, 0.3) is 0 Å². The Bertz CT molecular complexity index is 441. The largest absolute Gasteiger partial charge is 0.357 e. The Balaban J connectivity index is 0.00000100. The van der Waals surface area contributed by atoms with Crippen molar-refractivity contribution >= 4 is 5.82 Å². The van der Waals surface area contributed by atoms with E-state index < -0.39 is 0 Å². The monoisotopic (exact) mass is 331 g/mol. The van der Waals surface area contributed by atoms with Crippen LogP contribution < -0.4 is 4.90 Å². The fourth-order valence-corrected chi connectivity index (χ4v) is 4.05. The molecule has 0 saturated carbocycles. The van der Waals surface area contributed by atoms with Gasteiger partial charge in [0.1, 0.15) is 5.82 Å². The van der Waals surface area contributed by atoms with Crippen molar-refractivity contribution < 1.29 is 0 Å². The number of nitrogens with zero attached hydrogens (tertiary/aromatic N) is 3. The van der Waals surface area contributed by atoms with Crippen molar-refractivity contribution in [1.82, 2.24) is 9.88 Å². The third-order valence-electron chi connectivity index (χ3n) is 5.66. The van der Waals surface area contributed by atoms with Gasteiger partial charge in [-0.15, -0.1) is 0 Å². The van der Waals surface area contributed by atoms with Crippen LogP contribution in [-0.2, 0) is 0 Å². The van der Waals surface area contributed by atoms with Gasteiger partial charge < -0.3 is 9.80 Å². The van der Waals surface area contributed by atoms with Gasteiger partial charge in [0.25, 0.3) is 0 Å². The predicted octanol–water partition coefficient (Wildman–Crippen LogP) is 4.75. The van der Waals surface area contributed by atoms with E-state index in [1.165, 1.54) is 76.2 Å². The summed E-state index contributed by atoms with van der Waals surface area (Å²) in [6, 6.07) is 4.35. The van der Waals surface area contributed by atoms with Crippen LogP contribution in [0.3, 0.4) is 0 Å². The number of likely N-dealkylation sites (tertiary alicyclic amines) is 1. The first-order valence-corrected chi connectivity index (χ1v) is 10.1. The van der Waals surface area contributed by atoms with Crippen molar-refractivity contribution in [2.45, 2.75) is 59.8 Å². The van der Waals surface area contributed by atoms with E-state index in [0.717, 1.165) is 11.8 Å². The third kappa shape index (κ3) is 5.47. The van der Waals surface area contributed by atoms with Crippen LogP contribution >= 0.6 is 0 Å². The number of hydrogen-bond acceptors (Lipinski definition) is 3. The zero-order valence-electron chi connectivity index (χ0n) is 16.3. The molecule has 1 aromatic rings. The van der Waals surface area contributed by atoms with Crippen molar-refractivity contribution in [1.29, 1.82) is 0 Å². The second-order valence-corrected chi connectivity index (χ2v) is 7.24. The summed E-state index contributed by atoms with van der Waals surface area (Å²) in [6.07, 6.45) is 9.00. The Kier molecular flexibility index (Phi) is 8.04. The van der Waals surface area contributed by atoms with Gasteiger partial charge in [-0.1, -0.05) is 26.8 Å². The lowest BCUT2D eigenvalue weighted by Gasteiger charge is -2.37. The SMILES string of the molecule is CC.CCN1CCC(CC2CCN(c3ccc(C)cn3)CC2)CC1. The highest BCUT2D eigenvalue weighted by atomic mass is 15.2. The van der Waals surface area contributed by atoms with Gasteiger partial charge in [-0.2, -0.15) is 0 Å². The highest BCUT2D eigenvalue weighted by molar-refractivity contribution is 5.39. The van der Waals surface area contributed by atoms with Crippen LogP contribution in [0.1, 0.15) is 58.4 Å². The van der Waals surface area contributed by atoms with Crippen LogP contribution in [-0.4, -0.2) is 42.6 Å². The zero-order chi connectivity index (χ0) is 17.4. The lowest BCUT2D eigenvalue weighted by atomic mass is 9.83. The molecule has 2 aliphatic heterocycles. The molecule has 2 aliphatic rings. The van der Waals surface area contributed by atoms with Crippen molar-refractivity contribution in [2.75, 3.05) is 37.6 Å². The van der Waals surface area contributed by atoms with Crippen LogP contribution in [0.2, 0.25) is 0 Å². The summed E-state index contributed by atoms with van der Waals surface area (Å²) >= 11 is 0. The summed E-state index contributed by atoms with van der Waals surface area (Å²) in [5.74, 6) is 3.09. The lowest BCUT2D eigenvalue weighted by molar-refractivity contribution is 0.167. The summed E-state index contributed by atoms with van der Waals surface area (Å²) in [6.45, 7) is 14.7. The van der Waals surface area contributed by atoms with Crippen molar-refractivity contribution in [3.8, 4) is 0 Å². The number of hydrogen-bond donors (Lipinski definition) is 0. The molecule has 24 heavy (non-hydrogen) atoms. The average Bonchev–Trinajstić information content (AvgIpc) is 2.65. The molecule has 0 radical (unpaired) electrons. The summed E-state index contributed by atoms with van der Waals surface area (Å²) < 4.78 is 0. The molecule has 0 N–H and O–H groups in total. The minimum atomic E-state index is 0.944. The van der Waals surface area contributed by atoms with Crippen molar-refractivity contribution in [2.24, 2.45) is 11.8 Å². The number of pyridine rings is 1. The molecule has 0 unspecified atom stereocenters. The minimum absolute atomic E-state index is 0.944. The molecule has 3 heteroatoms. The normalized spacial score (nSPS) is 20.6. The van der Waals surface area contributed by atoms with E-state index in [1.807, 2.05) is 20.0 Å². The van der Waals surface area contributed by atoms with Gasteiger partial charge in [0, 0.05) is 19.3 Å². The fraction of sp³-hybridized carbons (Fsp3) is 0.762. The summed E-state index contributed by atoms with van der Waals surface area (Å²) in [7, 11) is 0. The van der Waals surface area contributed by atoms with E-state index in [0.29, 0.717) is 0 Å². The van der Waals surface area contributed by atoms with E-state index in [9.17, 15) is 0 Å². The smallest absolute Gasteiger partial charge is 0.128 e. The summed E-state index contributed by atoms with van der Waals surface area (Å²) in [5, 5.41) is 0. The molecular formula is C21H37N3. The molecule has 3 rings (SSSR count). The Morgan fingerprint density at radius 3 is 2.04 bits per heavy atom. The molecule has 0 aliphatic carbocycles. The van der Waals surface area contributed by atoms with E-state index in [-0.39, 0.29) is 0 Å². The molecule has 0 atom stereocenters. The van der Waals surface area contributed by atoms with Gasteiger partial charge in [-0.25, -0.2) is 4.98 Å². The van der Waals surface area contributed by atoms with Gasteiger partial charge in [0.05, 0.1) is 0 Å². The lowest BCUT2D eigenvalue weighted by Crippen LogP contribution is -2.37. The number of anilines is 1. The Labute approximate surface area is 149 Å². The van der Waals surface area contributed by atoms with Crippen LogP contribution in [0.4, 0.5) is 5.82 Å². The second kappa shape index (κ2) is 10.0. The summed E-state index contributed by atoms with van der Waals surface area (Å²) in [4.78, 5) is 9.65. The zero-order valence-corrected chi connectivity index (χ0v) is 16.3. The maximum atomic E-state index is 4.58. The Hall–Kier alpha value is -1.09. The second-order valence-electron chi connectivity index (χ2n) is 7.24. The first kappa shape index (κ1) is 19.2. The molecule has 1 aromatic heterocycles. The maximum absolute atomic E-state index is 4.58. The molecule has 2 fully saturated rings. The Morgan fingerprint density at radius 2 is 1.54 bits per heavy atom. The van der Waals surface area contributed by atoms with Gasteiger partial charge >= 0.3 is 0 Å². The molecule has 2 saturated heterocycles. The first-order valence-electron chi connectivity index (χ1n) is 10.1. The molecule has 3 nitrogen and oxygen atoms in total. The molecular weight excluding hydrogens is 294 g/mol. The van der Waals surface area contributed by atoms with Crippen LogP contribution in [0.15, 0.2) is 18.3 Å². The van der Waals surface area contributed by atoms with E-state index >= 15 is 0 Å². The van der Waals surface area contributed by atoms with Gasteiger partial charge in [-0.3, -0.25) is 0 Å². The van der Waals surface area contributed by atoms with Crippen LogP contribution in [0, 0.1) is 18.8 Å². The Morgan fingerprint density at radius 1 is 0.958 bits per heavy atom. The standard InChI is InChI=1S/C19H31N3.C2H6/c1-3-21-10-6-17(7-11-21)14-18-8-12-22(13-9-18)19-5-4-16(2)15-20-19;1-2/h4-5,15,17-18H,3,6-14H2,1-2H3;1-2H3. The third-order valence-corrected chi connectivity index (χ3v) is 5.66. The highest BCUT2D eigenvalue weighted by Gasteiger charge is 2.25. The van der Waals surface area contributed by atoms with E-state index in [4.69, 9.17) is 0 Å². The minimum Gasteiger partial charge on any atom is -0.357 e. The first-order chi connectivity index (χ1) is 11.7. The predicted molar refractivity (Wildman–Crippen MR) is 105 cm³/mol. The molecule has 0 spiro atoms. The number of piperidine rings is 2. The number of rotatable bonds is 4. The highest BCUT2D eigenvalue weighted by Crippen LogP contribution is 2.31. The van der Waals surface area contributed by atoms with Gasteiger partial charge in [-0.05, 0) is 82.1 Å². The van der Waals surface area contributed by atoms with Crippen LogP contribution in [0.5, 0.6) is 0 Å². The maximum Gasteiger partial charge on any atom is 0.128 e. The summed E-state index contributed by atoms with van der Waals surface area (Å²) in [5.41, 5.74) is 1.25. The molecule has 0 bridgehead atoms. The van der Waals surface area contributed by atoms with Crippen molar-refractivity contribution in [3.63, 3.8) is 0 Å². The van der Waals surface area contributed by atoms with Crippen molar-refractivity contribution in [3.05, 3.63) is 23.9 Å².